The van der Waals surface area contributed by atoms with Crippen molar-refractivity contribution < 1.29 is 15.2 Å². The van der Waals surface area contributed by atoms with Crippen molar-refractivity contribution >= 4 is 11.4 Å². The highest BCUT2D eigenvalue weighted by molar-refractivity contribution is 5.65. The van der Waals surface area contributed by atoms with Gasteiger partial charge in [0, 0.05) is 6.92 Å². The van der Waals surface area contributed by atoms with E-state index in [-0.39, 0.29) is 11.4 Å². The van der Waals surface area contributed by atoms with Crippen LogP contribution >= 0.6 is 0 Å². The Hall–Kier alpha value is -2.06. The highest BCUT2D eigenvalue weighted by Crippen LogP contribution is 2.26. The molecule has 0 bridgehead atoms. The molecule has 0 radical (unpaired) electrons. The van der Waals surface area contributed by atoms with Crippen molar-refractivity contribution in [1.82, 2.24) is 0 Å². The average molecular weight is 226 g/mol. The predicted octanol–water partition coefficient (Wildman–Crippen LogP) is 1.03. The summed E-state index contributed by atoms with van der Waals surface area (Å²) < 4.78 is 0. The summed E-state index contributed by atoms with van der Waals surface area (Å²) in [6, 6.07) is 6.13. The summed E-state index contributed by atoms with van der Waals surface area (Å²) in [5, 5.41) is 35.6. The largest absolute Gasteiger partial charge is 0.349 e. The summed E-state index contributed by atoms with van der Waals surface area (Å²) in [6.07, 6.45) is 0. The molecule has 1 aromatic rings. The van der Waals surface area contributed by atoms with Gasteiger partial charge in [0.05, 0.1) is 15.8 Å². The highest BCUT2D eigenvalue weighted by Gasteiger charge is 2.18. The second-order valence-electron chi connectivity index (χ2n) is 3.09. The van der Waals surface area contributed by atoms with Crippen molar-refractivity contribution in [1.29, 1.82) is 0 Å². The lowest BCUT2D eigenvalue weighted by atomic mass is 10.2. The SMILES string of the molecule is CC(O)(O)Nc1ccccc1N=N[N+](=O)[O-]. The Morgan fingerprint density at radius 2 is 2.06 bits per heavy atom. The summed E-state index contributed by atoms with van der Waals surface area (Å²) in [7, 11) is 0. The molecule has 0 aliphatic heterocycles. The smallest absolute Gasteiger partial charge is 0.241 e. The molecule has 0 spiro atoms. The molecule has 1 aromatic carbocycles. The van der Waals surface area contributed by atoms with E-state index in [2.05, 4.69) is 15.7 Å². The summed E-state index contributed by atoms with van der Waals surface area (Å²) in [5.74, 6) is -2.14. The van der Waals surface area contributed by atoms with Crippen LogP contribution in [0.3, 0.4) is 0 Å². The maximum Gasteiger partial charge on any atom is 0.241 e. The first kappa shape index (κ1) is 12.0. The Bertz CT molecular complexity index is 413. The van der Waals surface area contributed by atoms with Crippen molar-refractivity contribution in [2.45, 2.75) is 12.8 Å². The van der Waals surface area contributed by atoms with Crippen LogP contribution in [0, 0.1) is 10.1 Å². The Kier molecular flexibility index (Phi) is 3.48. The Labute approximate surface area is 90.4 Å². The van der Waals surface area contributed by atoms with Crippen LogP contribution in [0.15, 0.2) is 34.6 Å². The maximum atomic E-state index is 10.00. The molecule has 0 fully saturated rings. The monoisotopic (exact) mass is 226 g/mol. The van der Waals surface area contributed by atoms with Crippen molar-refractivity contribution in [2.24, 2.45) is 10.3 Å². The quantitative estimate of drug-likeness (QED) is 0.306. The first-order valence-corrected chi connectivity index (χ1v) is 4.26. The van der Waals surface area contributed by atoms with E-state index in [0.717, 1.165) is 6.92 Å². The first-order valence-electron chi connectivity index (χ1n) is 4.26. The van der Waals surface area contributed by atoms with Gasteiger partial charge in [0.15, 0.2) is 5.22 Å². The fourth-order valence-corrected chi connectivity index (χ4v) is 1.01. The zero-order valence-corrected chi connectivity index (χ0v) is 8.36. The average Bonchev–Trinajstić information content (AvgIpc) is 2.14. The van der Waals surface area contributed by atoms with Crippen LogP contribution in [0.1, 0.15) is 6.92 Å². The van der Waals surface area contributed by atoms with Gasteiger partial charge in [-0.15, -0.1) is 0 Å². The fourth-order valence-electron chi connectivity index (χ4n) is 1.01. The van der Waals surface area contributed by atoms with Crippen molar-refractivity contribution in [3.8, 4) is 0 Å². The number of nitrogens with zero attached hydrogens (tertiary/aromatic N) is 3. The lowest BCUT2D eigenvalue weighted by Crippen LogP contribution is -2.33. The number of aliphatic hydroxyl groups is 2. The van der Waals surface area contributed by atoms with Gasteiger partial charge in [0.1, 0.15) is 0 Å². The molecule has 0 aliphatic rings. The minimum atomic E-state index is -2.14. The Morgan fingerprint density at radius 1 is 1.44 bits per heavy atom. The number of nitro groups is 1. The van der Waals surface area contributed by atoms with Crippen LogP contribution < -0.4 is 5.32 Å². The first-order chi connectivity index (χ1) is 7.38. The highest BCUT2D eigenvalue weighted by atomic mass is 16.7. The van der Waals surface area contributed by atoms with Gasteiger partial charge in [-0.25, -0.2) is 0 Å². The molecule has 0 aliphatic carbocycles. The second kappa shape index (κ2) is 4.64. The van der Waals surface area contributed by atoms with E-state index in [1.54, 1.807) is 12.1 Å². The number of hydrogen-bond acceptors (Lipinski definition) is 6. The van der Waals surface area contributed by atoms with Gasteiger partial charge in [0.25, 0.3) is 0 Å². The second-order valence-corrected chi connectivity index (χ2v) is 3.09. The molecule has 3 N–H and O–H groups in total. The number of hydrogen-bond donors (Lipinski definition) is 3. The fraction of sp³-hybridized carbons (Fsp3) is 0.250. The predicted molar refractivity (Wildman–Crippen MR) is 54.4 cm³/mol. The zero-order valence-electron chi connectivity index (χ0n) is 8.36. The molecule has 0 saturated heterocycles. The van der Waals surface area contributed by atoms with Crippen LogP contribution in [-0.4, -0.2) is 21.2 Å². The Balaban J connectivity index is 2.96. The number of para-hydroxylation sites is 1. The molecular weight excluding hydrogens is 216 g/mol. The molecule has 8 heteroatoms. The maximum absolute atomic E-state index is 10.00. The van der Waals surface area contributed by atoms with E-state index >= 15 is 0 Å². The van der Waals surface area contributed by atoms with E-state index in [1.807, 2.05) is 0 Å². The molecule has 16 heavy (non-hydrogen) atoms. The van der Waals surface area contributed by atoms with Crippen LogP contribution in [-0.2, 0) is 0 Å². The van der Waals surface area contributed by atoms with E-state index in [4.69, 9.17) is 10.2 Å². The van der Waals surface area contributed by atoms with Crippen LogP contribution in [0.2, 0.25) is 0 Å². The van der Waals surface area contributed by atoms with Gasteiger partial charge in [-0.1, -0.05) is 12.1 Å². The molecule has 0 unspecified atom stereocenters. The lowest BCUT2D eigenvalue weighted by molar-refractivity contribution is -0.493. The molecular formula is C8H10N4O4. The minimum Gasteiger partial charge on any atom is -0.349 e. The standard InChI is InChI=1S/C8H10N4O4/c1-8(13,14)9-6-4-2-3-5-7(6)10-11-12(15)16/h2-5,9,13-14H,1H3. The summed E-state index contributed by atoms with van der Waals surface area (Å²) >= 11 is 0. The molecule has 0 saturated carbocycles. The molecule has 0 aromatic heterocycles. The van der Waals surface area contributed by atoms with Crippen LogP contribution in [0.4, 0.5) is 11.4 Å². The van der Waals surface area contributed by atoms with E-state index in [9.17, 15) is 10.1 Å². The molecule has 0 heterocycles. The number of nitrogens with one attached hydrogen (secondary N) is 1. The summed E-state index contributed by atoms with van der Waals surface area (Å²) in [4.78, 5) is 10.00. The van der Waals surface area contributed by atoms with Gasteiger partial charge in [-0.05, 0) is 12.1 Å². The zero-order chi connectivity index (χ0) is 12.2. The van der Waals surface area contributed by atoms with Gasteiger partial charge in [-0.2, -0.15) is 0 Å². The number of benzene rings is 1. The van der Waals surface area contributed by atoms with Crippen molar-refractivity contribution in [3.63, 3.8) is 0 Å². The van der Waals surface area contributed by atoms with Crippen LogP contribution in [0.25, 0.3) is 0 Å². The van der Waals surface area contributed by atoms with Crippen LogP contribution in [0.5, 0.6) is 0 Å². The number of anilines is 1. The third-order valence-electron chi connectivity index (χ3n) is 1.50. The summed E-state index contributed by atoms with van der Waals surface area (Å²) in [6.45, 7) is 1.11. The van der Waals surface area contributed by atoms with Crippen molar-refractivity contribution in [2.75, 3.05) is 5.32 Å². The van der Waals surface area contributed by atoms with Gasteiger partial charge >= 0.3 is 0 Å². The molecule has 1 rings (SSSR count). The molecule has 8 nitrogen and oxygen atoms in total. The summed E-state index contributed by atoms with van der Waals surface area (Å²) in [5.41, 5.74) is 0.356. The Morgan fingerprint density at radius 3 is 2.62 bits per heavy atom. The van der Waals surface area contributed by atoms with E-state index in [1.165, 1.54) is 12.1 Å². The third-order valence-corrected chi connectivity index (χ3v) is 1.50. The molecule has 0 amide bonds. The van der Waals surface area contributed by atoms with Crippen molar-refractivity contribution in [3.05, 3.63) is 34.4 Å². The lowest BCUT2D eigenvalue weighted by Gasteiger charge is -2.18. The molecule has 0 atom stereocenters. The van der Waals surface area contributed by atoms with Gasteiger partial charge in [0.2, 0.25) is 11.6 Å². The number of rotatable bonds is 4. The topological polar surface area (TPSA) is 120 Å². The van der Waals surface area contributed by atoms with Gasteiger partial charge in [-0.3, -0.25) is 0 Å². The van der Waals surface area contributed by atoms with E-state index in [0.29, 0.717) is 0 Å². The molecule has 86 valence electrons. The third kappa shape index (κ3) is 3.98. The normalized spacial score (nSPS) is 11.7. The minimum absolute atomic E-state index is 0.133. The van der Waals surface area contributed by atoms with E-state index < -0.39 is 10.9 Å². The van der Waals surface area contributed by atoms with Gasteiger partial charge < -0.3 is 25.6 Å².